The van der Waals surface area contributed by atoms with Crippen LogP contribution in [0, 0.1) is 5.92 Å². The predicted molar refractivity (Wildman–Crippen MR) is 118 cm³/mol. The largest absolute Gasteiger partial charge is 0.496 e. The molecule has 0 heterocycles. The summed E-state index contributed by atoms with van der Waals surface area (Å²) >= 11 is 0. The number of hydrogen-bond acceptors (Lipinski definition) is 4. The molecule has 4 heteroatoms. The summed E-state index contributed by atoms with van der Waals surface area (Å²) < 4.78 is 11.0. The van der Waals surface area contributed by atoms with Crippen molar-refractivity contribution in [2.24, 2.45) is 5.92 Å². The average Bonchev–Trinajstić information content (AvgIpc) is 2.71. The van der Waals surface area contributed by atoms with E-state index in [1.54, 1.807) is 7.11 Å². The molecule has 0 aliphatic heterocycles. The highest BCUT2D eigenvalue weighted by Crippen LogP contribution is 2.46. The average molecular weight is 401 g/mol. The van der Waals surface area contributed by atoms with Gasteiger partial charge in [0, 0.05) is 11.5 Å². The number of aliphatic hydroxyl groups excluding tert-OH is 1. The molecular formula is C25H36O4. The topological polar surface area (TPSA) is 55.8 Å². The molecule has 29 heavy (non-hydrogen) atoms. The van der Waals surface area contributed by atoms with Crippen LogP contribution in [-0.2, 0) is 17.8 Å². The fraction of sp³-hybridized carbons (Fsp3) is 0.560. The summed E-state index contributed by atoms with van der Waals surface area (Å²) in [6.45, 7) is 10.4. The second-order valence-electron chi connectivity index (χ2n) is 8.15. The van der Waals surface area contributed by atoms with Crippen molar-refractivity contribution in [3.63, 3.8) is 0 Å². The summed E-state index contributed by atoms with van der Waals surface area (Å²) in [4.78, 5) is 12.8. The summed E-state index contributed by atoms with van der Waals surface area (Å²) in [6.07, 6.45) is 8.20. The van der Waals surface area contributed by atoms with Gasteiger partial charge in [0.05, 0.1) is 20.8 Å². The maximum atomic E-state index is 12.8. The van der Waals surface area contributed by atoms with Crippen molar-refractivity contribution in [1.82, 2.24) is 0 Å². The summed E-state index contributed by atoms with van der Waals surface area (Å²) in [6, 6.07) is 1.98. The molecule has 0 bridgehead atoms. The van der Waals surface area contributed by atoms with Crippen LogP contribution >= 0.6 is 0 Å². The third kappa shape index (κ3) is 5.11. The van der Waals surface area contributed by atoms with Crippen molar-refractivity contribution in [1.29, 1.82) is 0 Å². The number of carbonyl (C=O) groups is 1. The Balaban J connectivity index is 2.74. The number of esters is 1. The van der Waals surface area contributed by atoms with Crippen LogP contribution < -0.4 is 4.74 Å². The van der Waals surface area contributed by atoms with Gasteiger partial charge in [-0.15, -0.1) is 0 Å². The van der Waals surface area contributed by atoms with E-state index in [1.165, 1.54) is 12.7 Å². The van der Waals surface area contributed by atoms with Gasteiger partial charge in [0.15, 0.2) is 0 Å². The standard InChI is InChI=1S/C25H36O4/c1-7-8-9-10-18-14-19(15-26)22(24(28-5)23(18)25(27)29-6)21-13-17(4)11-12-20(21)16(2)3/h13-14,20-21,26H,2,7-12,15H2,1,3-6H3. The number of aryl methyl sites for hydroxylation is 1. The molecule has 0 radical (unpaired) electrons. The molecule has 1 aliphatic rings. The van der Waals surface area contributed by atoms with Crippen LogP contribution in [0.1, 0.15) is 85.8 Å². The molecule has 2 unspecified atom stereocenters. The predicted octanol–water partition coefficient (Wildman–Crippen LogP) is 5.72. The normalized spacial score (nSPS) is 18.9. The molecule has 1 aromatic carbocycles. The first-order chi connectivity index (χ1) is 13.9. The minimum Gasteiger partial charge on any atom is -0.496 e. The van der Waals surface area contributed by atoms with E-state index in [-0.39, 0.29) is 24.4 Å². The van der Waals surface area contributed by atoms with Crippen LogP contribution in [0.4, 0.5) is 0 Å². The smallest absolute Gasteiger partial charge is 0.341 e. The Morgan fingerprint density at radius 2 is 2.00 bits per heavy atom. The van der Waals surface area contributed by atoms with Crippen LogP contribution in [0.5, 0.6) is 5.75 Å². The van der Waals surface area contributed by atoms with Crippen molar-refractivity contribution < 1.29 is 19.4 Å². The van der Waals surface area contributed by atoms with Gasteiger partial charge < -0.3 is 14.6 Å². The highest BCUT2D eigenvalue weighted by atomic mass is 16.5. The quantitative estimate of drug-likeness (QED) is 0.327. The molecule has 0 fully saturated rings. The van der Waals surface area contributed by atoms with Gasteiger partial charge in [-0.3, -0.25) is 0 Å². The highest BCUT2D eigenvalue weighted by molar-refractivity contribution is 5.95. The third-order valence-corrected chi connectivity index (χ3v) is 6.01. The zero-order valence-electron chi connectivity index (χ0n) is 18.6. The minimum atomic E-state index is -0.387. The van der Waals surface area contributed by atoms with Crippen LogP contribution in [-0.4, -0.2) is 25.3 Å². The van der Waals surface area contributed by atoms with E-state index in [0.29, 0.717) is 11.3 Å². The molecule has 2 atom stereocenters. The first-order valence-corrected chi connectivity index (χ1v) is 10.6. The maximum Gasteiger partial charge on any atom is 0.341 e. The van der Waals surface area contributed by atoms with E-state index in [0.717, 1.165) is 60.8 Å². The lowest BCUT2D eigenvalue weighted by Crippen LogP contribution is -2.21. The van der Waals surface area contributed by atoms with Crippen LogP contribution in [0.15, 0.2) is 29.9 Å². The van der Waals surface area contributed by atoms with Gasteiger partial charge in [0.2, 0.25) is 0 Å². The number of rotatable bonds is 9. The van der Waals surface area contributed by atoms with E-state index in [4.69, 9.17) is 9.47 Å². The summed E-state index contributed by atoms with van der Waals surface area (Å²) in [7, 11) is 3.00. The molecule has 0 saturated heterocycles. The number of methoxy groups -OCH3 is 2. The van der Waals surface area contributed by atoms with Crippen LogP contribution in [0.2, 0.25) is 0 Å². The number of allylic oxidation sites excluding steroid dienone is 3. The zero-order chi connectivity index (χ0) is 21.6. The first-order valence-electron chi connectivity index (χ1n) is 10.6. The van der Waals surface area contributed by atoms with Crippen LogP contribution in [0.3, 0.4) is 0 Å². The fourth-order valence-corrected chi connectivity index (χ4v) is 4.49. The van der Waals surface area contributed by atoms with Gasteiger partial charge in [-0.25, -0.2) is 4.79 Å². The van der Waals surface area contributed by atoms with Crippen molar-refractivity contribution in [2.45, 2.75) is 71.8 Å². The second kappa shape index (κ2) is 10.6. The zero-order valence-corrected chi connectivity index (χ0v) is 18.6. The highest BCUT2D eigenvalue weighted by Gasteiger charge is 2.33. The Bertz CT molecular complexity index is 776. The number of hydrogen-bond donors (Lipinski definition) is 1. The lowest BCUT2D eigenvalue weighted by atomic mass is 9.72. The molecule has 1 aliphatic carbocycles. The minimum absolute atomic E-state index is 0.0199. The van der Waals surface area contributed by atoms with Gasteiger partial charge in [0.1, 0.15) is 11.3 Å². The van der Waals surface area contributed by atoms with Gasteiger partial charge in [0.25, 0.3) is 0 Å². The van der Waals surface area contributed by atoms with Crippen molar-refractivity contribution in [3.05, 3.63) is 52.1 Å². The maximum absolute atomic E-state index is 12.8. The summed E-state index contributed by atoms with van der Waals surface area (Å²) in [5, 5.41) is 10.2. The van der Waals surface area contributed by atoms with E-state index >= 15 is 0 Å². The Morgan fingerprint density at radius 1 is 1.28 bits per heavy atom. The molecule has 1 N–H and O–H groups in total. The van der Waals surface area contributed by atoms with E-state index in [9.17, 15) is 9.90 Å². The van der Waals surface area contributed by atoms with Crippen molar-refractivity contribution >= 4 is 5.97 Å². The lowest BCUT2D eigenvalue weighted by molar-refractivity contribution is 0.0595. The molecule has 0 saturated carbocycles. The first kappa shape index (κ1) is 23.2. The second-order valence-corrected chi connectivity index (χ2v) is 8.15. The van der Waals surface area contributed by atoms with Crippen molar-refractivity contribution in [2.75, 3.05) is 14.2 Å². The molecule has 2 rings (SSSR count). The lowest BCUT2D eigenvalue weighted by Gasteiger charge is -2.33. The third-order valence-electron chi connectivity index (χ3n) is 6.01. The monoisotopic (exact) mass is 400 g/mol. The molecule has 1 aromatic rings. The Labute approximate surface area is 175 Å². The van der Waals surface area contributed by atoms with Crippen LogP contribution in [0.25, 0.3) is 0 Å². The molecule has 160 valence electrons. The number of aliphatic hydroxyl groups is 1. The number of ether oxygens (including phenoxy) is 2. The number of unbranched alkanes of at least 4 members (excludes halogenated alkanes) is 2. The Kier molecular flexibility index (Phi) is 8.51. The molecule has 0 amide bonds. The van der Waals surface area contributed by atoms with Gasteiger partial charge in [-0.05, 0) is 56.6 Å². The molecule has 0 aromatic heterocycles. The SMILES string of the molecule is C=C(C)C1CCC(C)=CC1c1c(CO)cc(CCCCC)c(C(=O)OC)c1OC. The van der Waals surface area contributed by atoms with E-state index in [2.05, 4.69) is 33.4 Å². The van der Waals surface area contributed by atoms with Gasteiger partial charge >= 0.3 is 5.97 Å². The van der Waals surface area contributed by atoms with Gasteiger partial charge in [-0.1, -0.05) is 49.6 Å². The number of benzene rings is 1. The number of carbonyl (C=O) groups excluding carboxylic acids is 1. The van der Waals surface area contributed by atoms with E-state index < -0.39 is 0 Å². The summed E-state index contributed by atoms with van der Waals surface area (Å²) in [5.41, 5.74) is 5.51. The molecular weight excluding hydrogens is 364 g/mol. The van der Waals surface area contributed by atoms with Crippen molar-refractivity contribution in [3.8, 4) is 5.75 Å². The fourth-order valence-electron chi connectivity index (χ4n) is 4.49. The Hall–Kier alpha value is -2.07. The molecule has 0 spiro atoms. The van der Waals surface area contributed by atoms with E-state index in [1.807, 2.05) is 6.07 Å². The molecule has 4 nitrogen and oxygen atoms in total. The van der Waals surface area contributed by atoms with Gasteiger partial charge in [-0.2, -0.15) is 0 Å². The summed E-state index contributed by atoms with van der Waals surface area (Å²) in [5.74, 6) is 0.417. The Morgan fingerprint density at radius 3 is 2.55 bits per heavy atom.